The predicted octanol–water partition coefficient (Wildman–Crippen LogP) is 3.58. The molecule has 1 aromatic heterocycles. The van der Waals surface area contributed by atoms with Crippen LogP contribution in [0.3, 0.4) is 0 Å². The molecule has 2 rings (SSSR count). The SMILES string of the molecule is COc1cc(OC)c(N[C@@H](C)C(=O)NCCc2cccs2)cc1Cl. The molecule has 0 unspecified atom stereocenters. The Balaban J connectivity index is 1.94. The fraction of sp³-hybridized carbons (Fsp3) is 0.353. The van der Waals surface area contributed by atoms with Crippen LogP contribution in [0, 0.1) is 0 Å². The molecule has 0 bridgehead atoms. The number of carbonyl (C=O) groups excluding carboxylic acids is 1. The summed E-state index contributed by atoms with van der Waals surface area (Å²) in [7, 11) is 3.09. The third kappa shape index (κ3) is 4.79. The molecule has 1 aromatic carbocycles. The summed E-state index contributed by atoms with van der Waals surface area (Å²) in [6, 6.07) is 7.02. The van der Waals surface area contributed by atoms with Gasteiger partial charge in [-0.2, -0.15) is 0 Å². The highest BCUT2D eigenvalue weighted by Gasteiger charge is 2.16. The van der Waals surface area contributed by atoms with Gasteiger partial charge >= 0.3 is 0 Å². The highest BCUT2D eigenvalue weighted by molar-refractivity contribution is 7.09. The quantitative estimate of drug-likeness (QED) is 0.747. The number of anilines is 1. The van der Waals surface area contributed by atoms with Gasteiger partial charge in [-0.05, 0) is 30.9 Å². The molecule has 7 heteroatoms. The van der Waals surface area contributed by atoms with Crippen LogP contribution in [0.25, 0.3) is 0 Å². The van der Waals surface area contributed by atoms with E-state index < -0.39 is 6.04 Å². The Morgan fingerprint density at radius 2 is 2.04 bits per heavy atom. The molecule has 0 saturated carbocycles. The zero-order valence-corrected chi connectivity index (χ0v) is 15.5. The molecule has 0 aliphatic rings. The molecular weight excluding hydrogens is 348 g/mol. The zero-order chi connectivity index (χ0) is 17.5. The third-order valence-corrected chi connectivity index (χ3v) is 4.72. The van der Waals surface area contributed by atoms with Gasteiger partial charge in [0.05, 0.1) is 24.9 Å². The average Bonchev–Trinajstić information content (AvgIpc) is 3.08. The molecule has 130 valence electrons. The summed E-state index contributed by atoms with van der Waals surface area (Å²) in [5.74, 6) is 1.00. The van der Waals surface area contributed by atoms with E-state index in [1.165, 1.54) is 12.0 Å². The molecule has 2 N–H and O–H groups in total. The number of halogens is 1. The van der Waals surface area contributed by atoms with Crippen LogP contribution in [-0.4, -0.2) is 32.7 Å². The maximum atomic E-state index is 12.2. The first-order valence-corrected chi connectivity index (χ1v) is 8.79. The first-order valence-electron chi connectivity index (χ1n) is 7.53. The molecule has 0 aliphatic heterocycles. The second kappa shape index (κ2) is 8.80. The van der Waals surface area contributed by atoms with Crippen molar-refractivity contribution in [1.29, 1.82) is 0 Å². The number of carbonyl (C=O) groups is 1. The first-order chi connectivity index (χ1) is 11.5. The summed E-state index contributed by atoms with van der Waals surface area (Å²) in [6.45, 7) is 2.39. The number of thiophene rings is 1. The maximum absolute atomic E-state index is 12.2. The fourth-order valence-electron chi connectivity index (χ4n) is 2.19. The Bertz CT molecular complexity index is 677. The number of ether oxygens (including phenoxy) is 2. The number of rotatable bonds is 8. The van der Waals surface area contributed by atoms with Crippen LogP contribution in [-0.2, 0) is 11.2 Å². The Morgan fingerprint density at radius 3 is 2.67 bits per heavy atom. The van der Waals surface area contributed by atoms with Gasteiger partial charge in [0, 0.05) is 17.5 Å². The molecule has 24 heavy (non-hydrogen) atoms. The van der Waals surface area contributed by atoms with E-state index in [0.29, 0.717) is 28.8 Å². The van der Waals surface area contributed by atoms with Crippen molar-refractivity contribution in [1.82, 2.24) is 5.32 Å². The average molecular weight is 369 g/mol. The summed E-state index contributed by atoms with van der Waals surface area (Å²) >= 11 is 7.83. The Morgan fingerprint density at radius 1 is 1.29 bits per heavy atom. The van der Waals surface area contributed by atoms with Gasteiger partial charge in [0.2, 0.25) is 5.91 Å². The normalized spacial score (nSPS) is 11.7. The standard InChI is InChI=1S/C17H21ClN2O3S/c1-11(17(21)19-7-6-12-5-4-8-24-12)20-14-9-13(18)15(22-2)10-16(14)23-3/h4-5,8-11,20H,6-7H2,1-3H3,(H,19,21)/t11-/m0/s1. The molecule has 0 fully saturated rings. The van der Waals surface area contributed by atoms with Crippen LogP contribution in [0.1, 0.15) is 11.8 Å². The predicted molar refractivity (Wildman–Crippen MR) is 98.7 cm³/mol. The van der Waals surface area contributed by atoms with Gasteiger partial charge in [0.1, 0.15) is 17.5 Å². The number of nitrogens with one attached hydrogen (secondary N) is 2. The Hall–Kier alpha value is -1.92. The van der Waals surface area contributed by atoms with E-state index >= 15 is 0 Å². The maximum Gasteiger partial charge on any atom is 0.242 e. The minimum absolute atomic E-state index is 0.0828. The van der Waals surface area contributed by atoms with E-state index in [9.17, 15) is 4.79 Å². The van der Waals surface area contributed by atoms with E-state index in [2.05, 4.69) is 16.7 Å². The van der Waals surface area contributed by atoms with Gasteiger partial charge < -0.3 is 20.1 Å². The highest BCUT2D eigenvalue weighted by Crippen LogP contribution is 2.36. The topological polar surface area (TPSA) is 59.6 Å². The minimum Gasteiger partial charge on any atom is -0.495 e. The van der Waals surface area contributed by atoms with Crippen molar-refractivity contribution in [3.8, 4) is 11.5 Å². The van der Waals surface area contributed by atoms with Gasteiger partial charge in [-0.3, -0.25) is 4.79 Å². The largest absolute Gasteiger partial charge is 0.495 e. The minimum atomic E-state index is -0.424. The van der Waals surface area contributed by atoms with Gasteiger partial charge in [-0.1, -0.05) is 17.7 Å². The summed E-state index contributed by atoms with van der Waals surface area (Å²) in [4.78, 5) is 13.5. The number of hydrogen-bond acceptors (Lipinski definition) is 5. The van der Waals surface area contributed by atoms with E-state index in [4.69, 9.17) is 21.1 Å². The molecule has 1 amide bonds. The van der Waals surface area contributed by atoms with Crippen molar-refractivity contribution in [2.45, 2.75) is 19.4 Å². The van der Waals surface area contributed by atoms with E-state index in [0.717, 1.165) is 6.42 Å². The van der Waals surface area contributed by atoms with Gasteiger partial charge in [-0.15, -0.1) is 11.3 Å². The van der Waals surface area contributed by atoms with Crippen molar-refractivity contribution in [2.75, 3.05) is 26.1 Å². The highest BCUT2D eigenvalue weighted by atomic mass is 35.5. The second-order valence-corrected chi connectivity index (χ2v) is 6.61. The molecular formula is C17H21ClN2O3S. The van der Waals surface area contributed by atoms with E-state index in [-0.39, 0.29) is 5.91 Å². The van der Waals surface area contributed by atoms with Crippen LogP contribution in [0.5, 0.6) is 11.5 Å². The summed E-state index contributed by atoms with van der Waals surface area (Å²) in [5, 5.41) is 8.52. The summed E-state index contributed by atoms with van der Waals surface area (Å²) < 4.78 is 10.5. The molecule has 0 radical (unpaired) electrons. The van der Waals surface area contributed by atoms with Gasteiger partial charge in [-0.25, -0.2) is 0 Å². The van der Waals surface area contributed by atoms with Crippen molar-refractivity contribution in [3.63, 3.8) is 0 Å². The number of methoxy groups -OCH3 is 2. The second-order valence-electron chi connectivity index (χ2n) is 5.17. The van der Waals surface area contributed by atoms with E-state index in [1.807, 2.05) is 11.4 Å². The van der Waals surface area contributed by atoms with E-state index in [1.54, 1.807) is 37.5 Å². The van der Waals surface area contributed by atoms with Crippen LogP contribution in [0.2, 0.25) is 5.02 Å². The van der Waals surface area contributed by atoms with Gasteiger partial charge in [0.25, 0.3) is 0 Å². The molecule has 5 nitrogen and oxygen atoms in total. The number of amides is 1. The lowest BCUT2D eigenvalue weighted by Crippen LogP contribution is -2.38. The summed E-state index contributed by atoms with van der Waals surface area (Å²) in [5.41, 5.74) is 0.643. The lowest BCUT2D eigenvalue weighted by atomic mass is 10.2. The molecule has 1 heterocycles. The van der Waals surface area contributed by atoms with Crippen LogP contribution < -0.4 is 20.1 Å². The first kappa shape index (κ1) is 18.4. The lowest BCUT2D eigenvalue weighted by molar-refractivity contribution is -0.121. The smallest absolute Gasteiger partial charge is 0.242 e. The lowest BCUT2D eigenvalue weighted by Gasteiger charge is -2.18. The van der Waals surface area contributed by atoms with Crippen LogP contribution in [0.4, 0.5) is 5.69 Å². The van der Waals surface area contributed by atoms with Crippen molar-refractivity contribution < 1.29 is 14.3 Å². The third-order valence-electron chi connectivity index (χ3n) is 3.49. The molecule has 1 atom stereocenters. The number of benzene rings is 1. The molecule has 2 aromatic rings. The molecule has 0 spiro atoms. The molecule has 0 saturated heterocycles. The van der Waals surface area contributed by atoms with Crippen LogP contribution >= 0.6 is 22.9 Å². The van der Waals surface area contributed by atoms with Crippen molar-refractivity contribution in [2.24, 2.45) is 0 Å². The molecule has 0 aliphatic carbocycles. The van der Waals surface area contributed by atoms with Gasteiger partial charge in [0.15, 0.2) is 0 Å². The zero-order valence-electron chi connectivity index (χ0n) is 13.9. The number of hydrogen-bond donors (Lipinski definition) is 2. The Labute approximate surface area is 150 Å². The van der Waals surface area contributed by atoms with Crippen LogP contribution in [0.15, 0.2) is 29.6 Å². The summed E-state index contributed by atoms with van der Waals surface area (Å²) in [6.07, 6.45) is 0.827. The van der Waals surface area contributed by atoms with Crippen molar-refractivity contribution >= 4 is 34.5 Å². The monoisotopic (exact) mass is 368 g/mol. The Kier molecular flexibility index (Phi) is 6.75. The fourth-order valence-corrected chi connectivity index (χ4v) is 3.14. The van der Waals surface area contributed by atoms with Crippen molar-refractivity contribution in [3.05, 3.63) is 39.5 Å².